The van der Waals surface area contributed by atoms with Crippen molar-refractivity contribution < 1.29 is 0 Å². The van der Waals surface area contributed by atoms with Gasteiger partial charge in [-0.15, -0.1) is 0 Å². The van der Waals surface area contributed by atoms with Crippen molar-refractivity contribution in [3.8, 4) is 0 Å². The molecule has 0 unspecified atom stereocenters. The van der Waals surface area contributed by atoms with E-state index in [4.69, 9.17) is 0 Å². The van der Waals surface area contributed by atoms with Crippen LogP contribution in [0.5, 0.6) is 0 Å². The third-order valence-electron chi connectivity index (χ3n) is 5.57. The number of nitrogens with one attached hydrogen (secondary N) is 1. The highest BCUT2D eigenvalue weighted by Gasteiger charge is 2.40. The first-order valence-corrected chi connectivity index (χ1v) is 8.95. The molecule has 0 aromatic heterocycles. The summed E-state index contributed by atoms with van der Waals surface area (Å²) < 4.78 is 0. The van der Waals surface area contributed by atoms with E-state index < -0.39 is 0 Å². The highest BCUT2D eigenvalue weighted by Crippen LogP contribution is 2.48. The van der Waals surface area contributed by atoms with E-state index in [1.54, 1.807) is 0 Å². The lowest BCUT2D eigenvalue weighted by Gasteiger charge is -2.18. The molecule has 2 nitrogen and oxygen atoms in total. The van der Waals surface area contributed by atoms with E-state index in [9.17, 15) is 0 Å². The van der Waals surface area contributed by atoms with Gasteiger partial charge in [0.1, 0.15) is 0 Å². The summed E-state index contributed by atoms with van der Waals surface area (Å²) in [6.45, 7) is 4.75. The van der Waals surface area contributed by atoms with E-state index in [2.05, 4.69) is 34.5 Å². The zero-order chi connectivity index (χ0) is 14.1. The molecule has 1 aromatic rings. The Kier molecular flexibility index (Phi) is 3.89. The number of benzene rings is 1. The largest absolute Gasteiger partial charge is 0.372 e. The summed E-state index contributed by atoms with van der Waals surface area (Å²) in [5, 5.41) is 3.72. The molecule has 21 heavy (non-hydrogen) atoms. The number of hydrogen-bond acceptors (Lipinski definition) is 2. The van der Waals surface area contributed by atoms with E-state index >= 15 is 0 Å². The van der Waals surface area contributed by atoms with Crippen LogP contribution in [0.25, 0.3) is 0 Å². The fraction of sp³-hybridized carbons (Fsp3) is 0.684. The van der Waals surface area contributed by atoms with Gasteiger partial charge in [-0.1, -0.05) is 12.1 Å². The van der Waals surface area contributed by atoms with E-state index in [-0.39, 0.29) is 0 Å². The molecule has 0 spiro atoms. The molecule has 2 heteroatoms. The maximum absolute atomic E-state index is 3.72. The van der Waals surface area contributed by atoms with Gasteiger partial charge in [-0.2, -0.15) is 0 Å². The zero-order valence-electron chi connectivity index (χ0n) is 13.1. The lowest BCUT2D eigenvalue weighted by atomic mass is 9.98. The molecular weight excluding hydrogens is 256 g/mol. The van der Waals surface area contributed by atoms with Crippen molar-refractivity contribution in [3.05, 3.63) is 29.8 Å². The van der Waals surface area contributed by atoms with E-state index in [1.807, 2.05) is 0 Å². The van der Waals surface area contributed by atoms with Crippen molar-refractivity contribution in [1.82, 2.24) is 5.32 Å². The van der Waals surface area contributed by atoms with Crippen LogP contribution < -0.4 is 10.2 Å². The molecule has 1 heterocycles. The van der Waals surface area contributed by atoms with Crippen LogP contribution in [-0.4, -0.2) is 19.6 Å². The van der Waals surface area contributed by atoms with Crippen LogP contribution in [0.4, 0.5) is 5.69 Å². The Morgan fingerprint density at radius 3 is 2.14 bits per heavy atom. The molecule has 4 rings (SSSR count). The lowest BCUT2D eigenvalue weighted by molar-refractivity contribution is 0.378. The third kappa shape index (κ3) is 3.42. The van der Waals surface area contributed by atoms with Crippen molar-refractivity contribution in [1.29, 1.82) is 0 Å². The van der Waals surface area contributed by atoms with Crippen LogP contribution >= 0.6 is 0 Å². The monoisotopic (exact) mass is 284 g/mol. The van der Waals surface area contributed by atoms with Crippen molar-refractivity contribution in [2.45, 2.75) is 45.1 Å². The Labute approximate surface area is 128 Å². The highest BCUT2D eigenvalue weighted by atomic mass is 15.1. The van der Waals surface area contributed by atoms with Crippen LogP contribution in [0.1, 0.15) is 44.1 Å². The van der Waals surface area contributed by atoms with Gasteiger partial charge >= 0.3 is 0 Å². The Balaban J connectivity index is 1.26. The second-order valence-corrected chi connectivity index (χ2v) is 7.33. The van der Waals surface area contributed by atoms with Crippen LogP contribution in [0.3, 0.4) is 0 Å². The van der Waals surface area contributed by atoms with Gasteiger partial charge < -0.3 is 10.2 Å². The molecule has 114 valence electrons. The van der Waals surface area contributed by atoms with Gasteiger partial charge in [-0.05, 0) is 80.5 Å². The molecule has 0 radical (unpaired) electrons. The summed E-state index contributed by atoms with van der Waals surface area (Å²) >= 11 is 0. The van der Waals surface area contributed by atoms with Crippen LogP contribution in [-0.2, 0) is 6.54 Å². The van der Waals surface area contributed by atoms with Gasteiger partial charge in [-0.3, -0.25) is 0 Å². The van der Waals surface area contributed by atoms with Crippen LogP contribution in [0.15, 0.2) is 24.3 Å². The Morgan fingerprint density at radius 2 is 1.57 bits per heavy atom. The SMILES string of the molecule is c1cc(N2CCCC2)ccc1CNCC(C1CC1)C1CC1. The number of rotatable bonds is 7. The molecule has 1 aliphatic heterocycles. The van der Waals surface area contributed by atoms with E-state index in [0.717, 1.165) is 24.3 Å². The van der Waals surface area contributed by atoms with Crippen molar-refractivity contribution in [2.75, 3.05) is 24.5 Å². The smallest absolute Gasteiger partial charge is 0.0366 e. The third-order valence-corrected chi connectivity index (χ3v) is 5.57. The summed E-state index contributed by atoms with van der Waals surface area (Å²) in [6, 6.07) is 9.23. The predicted octanol–water partition coefficient (Wildman–Crippen LogP) is 3.81. The molecular formula is C19H28N2. The Morgan fingerprint density at radius 1 is 0.952 bits per heavy atom. The minimum absolute atomic E-state index is 0.980. The average molecular weight is 284 g/mol. The topological polar surface area (TPSA) is 15.3 Å². The quantitative estimate of drug-likeness (QED) is 0.819. The minimum atomic E-state index is 0.980. The number of anilines is 1. The first-order chi connectivity index (χ1) is 10.4. The fourth-order valence-corrected chi connectivity index (χ4v) is 3.95. The standard InChI is InChI=1S/C19H28N2/c1-2-12-21(11-1)18-9-3-15(4-10-18)13-20-14-19(16-5-6-16)17-7-8-17/h3-4,9-10,16-17,19-20H,1-2,5-8,11-14H2. The number of nitrogens with zero attached hydrogens (tertiary/aromatic N) is 1. The molecule has 0 bridgehead atoms. The molecule has 2 aliphatic carbocycles. The molecule has 1 N–H and O–H groups in total. The highest BCUT2D eigenvalue weighted by molar-refractivity contribution is 5.48. The molecule has 1 aromatic carbocycles. The first-order valence-electron chi connectivity index (χ1n) is 8.95. The van der Waals surface area contributed by atoms with Gasteiger partial charge in [0, 0.05) is 25.3 Å². The second-order valence-electron chi connectivity index (χ2n) is 7.33. The Hall–Kier alpha value is -1.02. The van der Waals surface area contributed by atoms with Gasteiger partial charge in [-0.25, -0.2) is 0 Å². The maximum atomic E-state index is 3.72. The molecule has 3 fully saturated rings. The van der Waals surface area contributed by atoms with E-state index in [1.165, 1.54) is 69.4 Å². The summed E-state index contributed by atoms with van der Waals surface area (Å²) in [7, 11) is 0. The molecule has 0 amide bonds. The first kappa shape index (κ1) is 13.6. The van der Waals surface area contributed by atoms with Gasteiger partial charge in [0.2, 0.25) is 0 Å². The maximum Gasteiger partial charge on any atom is 0.0366 e. The van der Waals surface area contributed by atoms with Crippen LogP contribution in [0, 0.1) is 17.8 Å². The van der Waals surface area contributed by atoms with Gasteiger partial charge in [0.25, 0.3) is 0 Å². The summed E-state index contributed by atoms with van der Waals surface area (Å²) in [6.07, 6.45) is 8.68. The molecule has 2 saturated carbocycles. The fourth-order valence-electron chi connectivity index (χ4n) is 3.95. The Bertz CT molecular complexity index is 441. The lowest BCUT2D eigenvalue weighted by Crippen LogP contribution is -2.25. The summed E-state index contributed by atoms with van der Waals surface area (Å²) in [5.74, 6) is 3.10. The van der Waals surface area contributed by atoms with Gasteiger partial charge in [0.15, 0.2) is 0 Å². The average Bonchev–Trinajstić information content (AvgIpc) is 3.45. The number of hydrogen-bond donors (Lipinski definition) is 1. The summed E-state index contributed by atoms with van der Waals surface area (Å²) in [4.78, 5) is 2.51. The van der Waals surface area contributed by atoms with Crippen LogP contribution in [0.2, 0.25) is 0 Å². The minimum Gasteiger partial charge on any atom is -0.372 e. The van der Waals surface area contributed by atoms with Gasteiger partial charge in [0.05, 0.1) is 0 Å². The van der Waals surface area contributed by atoms with Crippen molar-refractivity contribution in [2.24, 2.45) is 17.8 Å². The normalized spacial score (nSPS) is 22.2. The molecule has 0 atom stereocenters. The zero-order valence-corrected chi connectivity index (χ0v) is 13.1. The van der Waals surface area contributed by atoms with Crippen molar-refractivity contribution >= 4 is 5.69 Å². The predicted molar refractivity (Wildman–Crippen MR) is 88.5 cm³/mol. The second kappa shape index (κ2) is 6.00. The van der Waals surface area contributed by atoms with E-state index in [0.29, 0.717) is 0 Å². The van der Waals surface area contributed by atoms with Crippen molar-refractivity contribution in [3.63, 3.8) is 0 Å². The molecule has 3 aliphatic rings. The molecule has 1 saturated heterocycles. The summed E-state index contributed by atoms with van der Waals surface area (Å²) in [5.41, 5.74) is 2.84.